The number of nitrogens with zero attached hydrogens (tertiary/aromatic N) is 2. The highest BCUT2D eigenvalue weighted by Crippen LogP contribution is 2.33. The quantitative estimate of drug-likeness (QED) is 0.554. The first-order valence-electron chi connectivity index (χ1n) is 10.4. The Morgan fingerprint density at radius 3 is 2.36 bits per heavy atom. The maximum absolute atomic E-state index is 13.5. The number of esters is 2. The predicted molar refractivity (Wildman–Crippen MR) is 117 cm³/mol. The summed E-state index contributed by atoms with van der Waals surface area (Å²) in [7, 11) is 0. The molecule has 0 saturated heterocycles. The Bertz CT molecular complexity index is 1070. The van der Waals surface area contributed by atoms with Crippen LogP contribution in [0.1, 0.15) is 25.0 Å². The van der Waals surface area contributed by atoms with Crippen LogP contribution in [0.2, 0.25) is 0 Å². The smallest absolute Gasteiger partial charge is 0.404 e. The van der Waals surface area contributed by atoms with Crippen molar-refractivity contribution in [1.29, 1.82) is 0 Å². The molecular formula is C23H25N3O7. The van der Waals surface area contributed by atoms with Crippen molar-refractivity contribution in [3.8, 4) is 0 Å². The molecule has 1 aromatic heterocycles. The van der Waals surface area contributed by atoms with Crippen molar-refractivity contribution >= 4 is 29.6 Å². The second kappa shape index (κ2) is 10.5. The fourth-order valence-corrected chi connectivity index (χ4v) is 3.59. The summed E-state index contributed by atoms with van der Waals surface area (Å²) in [6, 6.07) is 9.39. The van der Waals surface area contributed by atoms with E-state index in [0.29, 0.717) is 5.56 Å². The Labute approximate surface area is 190 Å². The van der Waals surface area contributed by atoms with E-state index in [1.807, 2.05) is 30.3 Å². The van der Waals surface area contributed by atoms with Crippen LogP contribution in [-0.4, -0.2) is 57.8 Å². The minimum absolute atomic E-state index is 0.00752. The minimum atomic E-state index is -1.28. The van der Waals surface area contributed by atoms with Crippen LogP contribution in [0, 0.1) is 0 Å². The zero-order valence-electron chi connectivity index (χ0n) is 18.3. The Morgan fingerprint density at radius 1 is 1.03 bits per heavy atom. The minimum Gasteiger partial charge on any atom is -0.465 e. The van der Waals surface area contributed by atoms with Crippen LogP contribution < -0.4 is 5.32 Å². The molecule has 1 aromatic carbocycles. The molecule has 0 bridgehead atoms. The zero-order chi connectivity index (χ0) is 24.0. The van der Waals surface area contributed by atoms with Gasteiger partial charge in [-0.3, -0.25) is 4.79 Å². The summed E-state index contributed by atoms with van der Waals surface area (Å²) in [6.07, 6.45) is 1.86. The van der Waals surface area contributed by atoms with E-state index in [4.69, 9.17) is 14.6 Å². The molecule has 2 aromatic rings. The average molecular weight is 455 g/mol. The Hall–Kier alpha value is -4.08. The van der Waals surface area contributed by atoms with Gasteiger partial charge in [-0.05, 0) is 31.0 Å². The number of aromatic nitrogens is 1. The molecule has 0 aliphatic carbocycles. The highest BCUT2D eigenvalue weighted by atomic mass is 16.5. The number of ether oxygens (including phenoxy) is 2. The van der Waals surface area contributed by atoms with Crippen LogP contribution in [-0.2, 0) is 36.9 Å². The fraction of sp³-hybridized carbons (Fsp3) is 0.304. The molecule has 10 heteroatoms. The molecule has 1 unspecified atom stereocenters. The largest absolute Gasteiger partial charge is 0.465 e. The summed E-state index contributed by atoms with van der Waals surface area (Å²) >= 11 is 0. The van der Waals surface area contributed by atoms with Crippen LogP contribution in [0.15, 0.2) is 54.4 Å². The highest BCUT2D eigenvalue weighted by Gasteiger charge is 2.48. The SMILES string of the molecule is CCOC(=O)C1=C(n2ccc(CNC(=O)O)c2)C(=O)N(Cc2ccccc2)C1C(=O)OCC. The summed E-state index contributed by atoms with van der Waals surface area (Å²) in [4.78, 5) is 51.5. The van der Waals surface area contributed by atoms with Gasteiger partial charge in [-0.2, -0.15) is 0 Å². The molecule has 1 aliphatic heterocycles. The molecule has 2 amide bonds. The van der Waals surface area contributed by atoms with Crippen molar-refractivity contribution in [2.45, 2.75) is 33.0 Å². The number of hydrogen-bond donors (Lipinski definition) is 2. The van der Waals surface area contributed by atoms with Crippen molar-refractivity contribution in [3.63, 3.8) is 0 Å². The van der Waals surface area contributed by atoms with Crippen LogP contribution >= 0.6 is 0 Å². The first-order valence-corrected chi connectivity index (χ1v) is 10.4. The van der Waals surface area contributed by atoms with Crippen molar-refractivity contribution in [1.82, 2.24) is 14.8 Å². The molecule has 3 rings (SSSR count). The van der Waals surface area contributed by atoms with Gasteiger partial charge in [0.25, 0.3) is 5.91 Å². The van der Waals surface area contributed by atoms with Crippen LogP contribution in [0.3, 0.4) is 0 Å². The van der Waals surface area contributed by atoms with E-state index in [1.165, 1.54) is 21.9 Å². The lowest BCUT2D eigenvalue weighted by Crippen LogP contribution is -2.43. The summed E-state index contributed by atoms with van der Waals surface area (Å²) in [5.41, 5.74) is 1.17. The number of nitrogens with one attached hydrogen (secondary N) is 1. The van der Waals surface area contributed by atoms with E-state index in [-0.39, 0.29) is 37.6 Å². The van der Waals surface area contributed by atoms with Gasteiger partial charge in [0, 0.05) is 25.5 Å². The third kappa shape index (κ3) is 5.22. The first-order chi connectivity index (χ1) is 15.9. The molecule has 33 heavy (non-hydrogen) atoms. The van der Waals surface area contributed by atoms with Gasteiger partial charge in [-0.1, -0.05) is 30.3 Å². The highest BCUT2D eigenvalue weighted by molar-refractivity contribution is 6.26. The number of carbonyl (C=O) groups excluding carboxylic acids is 3. The number of rotatable bonds is 9. The van der Waals surface area contributed by atoms with Crippen LogP contribution in [0.5, 0.6) is 0 Å². The van der Waals surface area contributed by atoms with Gasteiger partial charge in [-0.15, -0.1) is 0 Å². The standard InChI is InChI=1S/C23H25N3O7/c1-3-32-21(28)17-18(25-11-10-16(13-25)12-24-23(30)31)20(27)26(19(17)22(29)33-4-2)14-15-8-6-5-7-9-15/h5-11,13,19,24H,3-4,12,14H2,1-2H3,(H,30,31). The summed E-state index contributed by atoms with van der Waals surface area (Å²) in [6.45, 7) is 3.47. The number of carbonyl (C=O) groups is 4. The molecule has 0 fully saturated rings. The molecular weight excluding hydrogens is 430 g/mol. The van der Waals surface area contributed by atoms with Crippen molar-refractivity contribution < 1.29 is 33.8 Å². The van der Waals surface area contributed by atoms with Gasteiger partial charge < -0.3 is 29.4 Å². The molecule has 1 aliphatic rings. The Kier molecular flexibility index (Phi) is 7.50. The van der Waals surface area contributed by atoms with Gasteiger partial charge in [-0.25, -0.2) is 14.4 Å². The van der Waals surface area contributed by atoms with E-state index in [2.05, 4.69) is 5.32 Å². The monoisotopic (exact) mass is 455 g/mol. The molecule has 2 N–H and O–H groups in total. The normalized spacial score (nSPS) is 15.5. The predicted octanol–water partition coefficient (Wildman–Crippen LogP) is 2.00. The lowest BCUT2D eigenvalue weighted by atomic mass is 10.1. The first kappa shape index (κ1) is 23.6. The molecule has 0 saturated carbocycles. The van der Waals surface area contributed by atoms with E-state index in [9.17, 15) is 19.2 Å². The maximum Gasteiger partial charge on any atom is 0.404 e. The van der Waals surface area contributed by atoms with Crippen LogP contribution in [0.25, 0.3) is 5.70 Å². The second-order valence-electron chi connectivity index (χ2n) is 7.14. The van der Waals surface area contributed by atoms with E-state index >= 15 is 0 Å². The summed E-state index contributed by atoms with van der Waals surface area (Å²) < 4.78 is 11.8. The fourth-order valence-electron chi connectivity index (χ4n) is 3.59. The van der Waals surface area contributed by atoms with Gasteiger partial charge in [0.05, 0.1) is 13.2 Å². The average Bonchev–Trinajstić information content (AvgIpc) is 3.36. The zero-order valence-corrected chi connectivity index (χ0v) is 18.3. The Morgan fingerprint density at radius 2 is 1.73 bits per heavy atom. The molecule has 174 valence electrons. The van der Waals surface area contributed by atoms with Gasteiger partial charge in [0.2, 0.25) is 0 Å². The second-order valence-corrected chi connectivity index (χ2v) is 7.14. The third-order valence-corrected chi connectivity index (χ3v) is 4.96. The molecule has 1 atom stereocenters. The number of hydrogen-bond acceptors (Lipinski definition) is 6. The van der Waals surface area contributed by atoms with E-state index in [1.54, 1.807) is 19.9 Å². The van der Waals surface area contributed by atoms with Crippen molar-refractivity contribution in [3.05, 3.63) is 65.5 Å². The lowest BCUT2D eigenvalue weighted by Gasteiger charge is -2.24. The molecule has 0 radical (unpaired) electrons. The lowest BCUT2D eigenvalue weighted by molar-refractivity contribution is -0.153. The maximum atomic E-state index is 13.5. The van der Waals surface area contributed by atoms with Gasteiger partial charge in [0.15, 0.2) is 6.04 Å². The summed E-state index contributed by atoms with van der Waals surface area (Å²) in [5, 5.41) is 11.1. The van der Waals surface area contributed by atoms with E-state index < -0.39 is 30.0 Å². The van der Waals surface area contributed by atoms with Gasteiger partial charge >= 0.3 is 18.0 Å². The molecule has 10 nitrogen and oxygen atoms in total. The number of benzene rings is 1. The Balaban J connectivity index is 2.08. The van der Waals surface area contributed by atoms with E-state index in [0.717, 1.165) is 5.56 Å². The molecule has 2 heterocycles. The summed E-state index contributed by atoms with van der Waals surface area (Å²) in [5.74, 6) is -2.08. The van der Waals surface area contributed by atoms with Crippen molar-refractivity contribution in [2.75, 3.05) is 13.2 Å². The van der Waals surface area contributed by atoms with Gasteiger partial charge in [0.1, 0.15) is 11.3 Å². The van der Waals surface area contributed by atoms with Crippen LogP contribution in [0.4, 0.5) is 4.79 Å². The number of carboxylic acid groups (broad SMARTS) is 1. The third-order valence-electron chi connectivity index (χ3n) is 4.96. The van der Waals surface area contributed by atoms with Crippen molar-refractivity contribution in [2.24, 2.45) is 0 Å². The molecule has 0 spiro atoms. The number of amides is 2. The topological polar surface area (TPSA) is 127 Å².